The van der Waals surface area contributed by atoms with E-state index in [0.717, 1.165) is 6.08 Å². The van der Waals surface area contributed by atoms with Crippen LogP contribution < -0.4 is 0 Å². The molecule has 22 aliphatic rings. The Kier molecular flexibility index (Phi) is 20.2. The predicted octanol–water partition coefficient (Wildman–Crippen LogP) is -10.8. The molecule has 0 aliphatic carbocycles. The molecule has 1 aromatic rings. The Hall–Kier alpha value is -2.73. The van der Waals surface area contributed by atoms with E-state index >= 15 is 0 Å². The molecular formula is C45H66O31. The van der Waals surface area contributed by atoms with Gasteiger partial charge in [0.2, 0.25) is 0 Å². The van der Waals surface area contributed by atoms with Gasteiger partial charge in [0.05, 0.1) is 39.6 Å². The Labute approximate surface area is 430 Å². The fraction of sp³-hybridized carbons (Fsp3) is 0.800. The summed E-state index contributed by atoms with van der Waals surface area (Å²) in [6.45, 7) is -6.19. The summed E-state index contributed by atoms with van der Waals surface area (Å²) in [5, 5.41) is 188. The molecule has 31 nitrogen and oxygen atoms in total. The van der Waals surface area contributed by atoms with Crippen LogP contribution in [-0.4, -0.2) is 317 Å². The van der Waals surface area contributed by atoms with Crippen LogP contribution in [0.3, 0.4) is 0 Å². The second kappa shape index (κ2) is 25.8. The van der Waals surface area contributed by atoms with E-state index in [1.807, 2.05) is 0 Å². The molecule has 0 radical (unpaired) electrons. The maximum atomic E-state index is 13.5. The minimum Gasteiger partial charge on any atom is -0.453 e. The first kappa shape index (κ1) is 59.4. The first-order chi connectivity index (χ1) is 36.4. The second-order valence-corrected chi connectivity index (χ2v) is 19.0. The van der Waals surface area contributed by atoms with Crippen LogP contribution in [0.2, 0.25) is 0 Å². The number of ether oxygens (including phenoxy) is 13. The first-order valence-electron chi connectivity index (χ1n) is 24.3. The lowest BCUT2D eigenvalue weighted by molar-refractivity contribution is -0.404. The van der Waals surface area contributed by atoms with Crippen LogP contribution in [0.15, 0.2) is 36.4 Å². The number of aliphatic hydroxyl groups is 17. The standard InChI is InChI=1S/C45H66O31/c46-8-15-33-22(53)27(58)40(64-15)72-34-16(9-47)66-42(29(60)24(34)55)74-36-18(11-49)68-44(31(62)26(36)57)76-38-20(13-51)69-45(32(63)39(38)70-21(52)7-6-14-4-2-1-3-5-14)75-37-19(12-50)67-43(30(61)25(37)56)73-35-17(10-48)65-41(71-33)28(59)23(35)54/h1-7,15-20,22-51,53-63H,8-13H2/b7-6+/t15-,16-,17-,18-,19-,20-,22-,23-,24-,25-,26-,27-,28-,29-,30-,31-,32-,33-,34-,35-,36-,37-,38-,39-,40-,41-,42-,43-,44-,45-/m1/s1. The lowest BCUT2D eigenvalue weighted by atomic mass is 9.94. The molecule has 22 fully saturated rings. The number of rotatable bonds is 9. The SMILES string of the molecule is O=C(/C=C/c1ccccc1)O[C@@H]1[C@@H](O)[C@H]2O[C@H]3[C@H](O)[C@@H](O)[C@@H](O[C@H]4[C@H](O)[C@@H](O)[C@@H](O[C@H]5[C@H](O)[C@@H](O)[C@@H](O[C@H]6[C@H](O)[C@@H](O)[C@@H](O[C@H]7[C@H](O)[C@@H](O)[C@@H](O[C@@H]1[C@@H](CO)O2)O[C@@H]7CO)O[C@@H]6CO)O[C@@H]5CO)O[C@@H]4CO)O[C@@H]3CO. The zero-order valence-electron chi connectivity index (χ0n) is 39.9. The molecule has 30 atom stereocenters. The monoisotopic (exact) mass is 1100 g/mol. The van der Waals surface area contributed by atoms with Crippen molar-refractivity contribution in [1.82, 2.24) is 0 Å². The van der Waals surface area contributed by atoms with Crippen molar-refractivity contribution < 1.29 is 153 Å². The van der Waals surface area contributed by atoms with Crippen LogP contribution in [0.25, 0.3) is 6.08 Å². The van der Waals surface area contributed by atoms with E-state index in [1.165, 1.54) is 6.08 Å². The Morgan fingerprint density at radius 1 is 0.355 bits per heavy atom. The number of benzene rings is 1. The molecule has 0 unspecified atom stereocenters. The highest BCUT2D eigenvalue weighted by Crippen LogP contribution is 2.38. The number of aliphatic hydroxyl groups excluding tert-OH is 17. The molecule has 1 aromatic carbocycles. The van der Waals surface area contributed by atoms with Crippen molar-refractivity contribution in [2.75, 3.05) is 39.6 Å². The lowest BCUT2D eigenvalue weighted by Crippen LogP contribution is -2.69. The van der Waals surface area contributed by atoms with E-state index in [-0.39, 0.29) is 0 Å². The molecule has 0 aromatic heterocycles. The summed E-state index contributed by atoms with van der Waals surface area (Å²) < 4.78 is 74.9. The quantitative estimate of drug-likeness (QED) is 0.0806. The van der Waals surface area contributed by atoms with Gasteiger partial charge in [-0.25, -0.2) is 4.79 Å². The van der Waals surface area contributed by atoms with Crippen molar-refractivity contribution in [1.29, 1.82) is 0 Å². The van der Waals surface area contributed by atoms with Gasteiger partial charge >= 0.3 is 5.97 Å². The largest absolute Gasteiger partial charge is 0.453 e. The normalized spacial score (nSPS) is 49.6. The average Bonchev–Trinajstić information content (AvgIpc) is 3.43. The molecule has 23 rings (SSSR count). The smallest absolute Gasteiger partial charge is 0.331 e. The first-order valence-corrected chi connectivity index (χ1v) is 24.3. The summed E-state index contributed by atoms with van der Waals surface area (Å²) in [7, 11) is 0. The fourth-order valence-corrected chi connectivity index (χ4v) is 9.95. The molecule has 432 valence electrons. The Morgan fingerprint density at radius 3 is 0.882 bits per heavy atom. The molecule has 22 aliphatic heterocycles. The summed E-state index contributed by atoms with van der Waals surface area (Å²) >= 11 is 0. The van der Waals surface area contributed by atoms with E-state index in [0.29, 0.717) is 5.56 Å². The van der Waals surface area contributed by atoms with E-state index < -0.39 is 230 Å². The summed E-state index contributed by atoms with van der Waals surface area (Å²) in [6, 6.07) is 8.34. The third-order valence-electron chi connectivity index (χ3n) is 14.1. The summed E-state index contributed by atoms with van der Waals surface area (Å²) in [4.78, 5) is 13.5. The van der Waals surface area contributed by atoms with Crippen LogP contribution in [-0.2, 0) is 66.4 Å². The Balaban J connectivity index is 1.12. The Bertz CT molecular complexity index is 2000. The number of esters is 1. The maximum absolute atomic E-state index is 13.5. The van der Waals surface area contributed by atoms with E-state index in [1.54, 1.807) is 30.3 Å². The van der Waals surface area contributed by atoms with Crippen molar-refractivity contribution in [3.05, 3.63) is 42.0 Å². The van der Waals surface area contributed by atoms with Gasteiger partial charge in [0.15, 0.2) is 43.8 Å². The third kappa shape index (κ3) is 12.1. The van der Waals surface area contributed by atoms with Crippen molar-refractivity contribution in [3.8, 4) is 0 Å². The van der Waals surface area contributed by atoms with Gasteiger partial charge in [-0.15, -0.1) is 0 Å². The summed E-state index contributed by atoms with van der Waals surface area (Å²) in [6.07, 6.45) is -57.4. The van der Waals surface area contributed by atoms with Gasteiger partial charge in [-0.1, -0.05) is 30.3 Å². The van der Waals surface area contributed by atoms with E-state index in [9.17, 15) is 91.6 Å². The minimum atomic E-state index is -2.22. The molecule has 17 N–H and O–H groups in total. The van der Waals surface area contributed by atoms with Gasteiger partial charge in [-0.05, 0) is 11.6 Å². The molecule has 0 amide bonds. The van der Waals surface area contributed by atoms with Gasteiger partial charge in [0, 0.05) is 6.08 Å². The number of hydrogen-bond acceptors (Lipinski definition) is 31. The second-order valence-electron chi connectivity index (χ2n) is 19.0. The minimum absolute atomic E-state index is 0.530. The van der Waals surface area contributed by atoms with Gasteiger partial charge in [0.1, 0.15) is 140 Å². The van der Waals surface area contributed by atoms with Crippen LogP contribution in [0.1, 0.15) is 5.56 Å². The zero-order chi connectivity index (χ0) is 54.9. The number of carbonyl (C=O) groups is 1. The number of hydrogen-bond donors (Lipinski definition) is 17. The van der Waals surface area contributed by atoms with Crippen LogP contribution in [0, 0.1) is 0 Å². The molecule has 12 bridgehead atoms. The van der Waals surface area contributed by atoms with E-state index in [2.05, 4.69) is 0 Å². The Morgan fingerprint density at radius 2 is 0.605 bits per heavy atom. The molecule has 22 saturated heterocycles. The molecule has 31 heteroatoms. The van der Waals surface area contributed by atoms with Crippen molar-refractivity contribution in [3.63, 3.8) is 0 Å². The van der Waals surface area contributed by atoms with Gasteiger partial charge in [-0.2, -0.15) is 0 Å². The molecular weight excluding hydrogens is 1040 g/mol. The highest BCUT2D eigenvalue weighted by Gasteiger charge is 2.59. The highest BCUT2D eigenvalue weighted by molar-refractivity contribution is 5.87. The van der Waals surface area contributed by atoms with Crippen molar-refractivity contribution in [2.24, 2.45) is 0 Å². The van der Waals surface area contributed by atoms with Crippen LogP contribution >= 0.6 is 0 Å². The van der Waals surface area contributed by atoms with Gasteiger partial charge in [0.25, 0.3) is 0 Å². The number of carbonyl (C=O) groups excluding carboxylic acids is 1. The zero-order valence-corrected chi connectivity index (χ0v) is 39.9. The van der Waals surface area contributed by atoms with Crippen molar-refractivity contribution >= 4 is 12.0 Å². The maximum Gasteiger partial charge on any atom is 0.331 e. The topological polar surface area (TPSA) is 481 Å². The molecule has 0 saturated carbocycles. The fourth-order valence-electron chi connectivity index (χ4n) is 9.95. The molecule has 0 spiro atoms. The summed E-state index contributed by atoms with van der Waals surface area (Å²) in [5.41, 5.74) is 0.530. The lowest BCUT2D eigenvalue weighted by Gasteiger charge is -2.51. The van der Waals surface area contributed by atoms with Gasteiger partial charge in [-0.3, -0.25) is 0 Å². The van der Waals surface area contributed by atoms with Crippen molar-refractivity contribution in [2.45, 2.75) is 184 Å². The van der Waals surface area contributed by atoms with Gasteiger partial charge < -0.3 is 148 Å². The van der Waals surface area contributed by atoms with E-state index in [4.69, 9.17) is 61.6 Å². The summed E-state index contributed by atoms with van der Waals surface area (Å²) in [5.74, 6) is -1.14. The average molecular weight is 1100 g/mol. The van der Waals surface area contributed by atoms with Crippen LogP contribution in [0.5, 0.6) is 0 Å². The molecule has 22 heterocycles. The third-order valence-corrected chi connectivity index (χ3v) is 14.1. The predicted molar refractivity (Wildman–Crippen MR) is 235 cm³/mol. The highest BCUT2D eigenvalue weighted by atomic mass is 16.8. The van der Waals surface area contributed by atoms with Crippen LogP contribution in [0.4, 0.5) is 0 Å². The molecule has 76 heavy (non-hydrogen) atoms.